The van der Waals surface area contributed by atoms with E-state index in [0.29, 0.717) is 40.0 Å². The molecule has 3 aliphatic rings. The first-order valence-corrected chi connectivity index (χ1v) is 15.5. The number of nitrogens with zero attached hydrogens (tertiary/aromatic N) is 7. The molecule has 0 aromatic carbocycles. The van der Waals surface area contributed by atoms with E-state index in [2.05, 4.69) is 54.2 Å². The van der Waals surface area contributed by atoms with Crippen molar-refractivity contribution in [2.75, 3.05) is 43.9 Å². The Morgan fingerprint density at radius 3 is 2.90 bits per heavy atom. The lowest BCUT2D eigenvalue weighted by atomic mass is 9.72. The number of nitrogens with two attached hydrogens (primary N) is 1. The fraction of sp³-hybridized carbons (Fsp3) is 0.621. The van der Waals surface area contributed by atoms with Crippen LogP contribution in [0.15, 0.2) is 10.6 Å². The molecule has 2 fully saturated rings. The minimum absolute atomic E-state index is 0.0670. The summed E-state index contributed by atoms with van der Waals surface area (Å²) in [5.41, 5.74) is 7.65. The van der Waals surface area contributed by atoms with E-state index in [9.17, 15) is 5.26 Å². The second-order valence-corrected chi connectivity index (χ2v) is 13.0. The fourth-order valence-corrected chi connectivity index (χ4v) is 7.91. The summed E-state index contributed by atoms with van der Waals surface area (Å²) in [5, 5.41) is 18.3. The molecule has 0 unspecified atom stereocenters. The molecular weight excluding hydrogens is 538 g/mol. The predicted octanol–water partition coefficient (Wildman–Crippen LogP) is 3.73. The van der Waals surface area contributed by atoms with Gasteiger partial charge in [0.25, 0.3) is 0 Å². The van der Waals surface area contributed by atoms with Gasteiger partial charge in [0.15, 0.2) is 0 Å². The molecule has 0 radical (unpaired) electrons. The van der Waals surface area contributed by atoms with E-state index >= 15 is 0 Å². The minimum Gasteiger partial charge on any atom is -0.459 e. The normalized spacial score (nSPS) is 25.9. The van der Waals surface area contributed by atoms with Crippen molar-refractivity contribution in [2.24, 2.45) is 0 Å². The van der Waals surface area contributed by atoms with Gasteiger partial charge < -0.3 is 25.2 Å². The number of aryl methyl sites for hydroxylation is 1. The molecule has 3 N–H and O–H groups in total. The maximum atomic E-state index is 9.89. The third kappa shape index (κ3) is 5.15. The zero-order chi connectivity index (χ0) is 28.7. The highest BCUT2D eigenvalue weighted by Gasteiger charge is 2.43. The molecule has 3 aromatic rings. The van der Waals surface area contributed by atoms with Crippen LogP contribution in [0, 0.1) is 11.3 Å². The first-order valence-electron chi connectivity index (χ1n) is 14.7. The van der Waals surface area contributed by atoms with E-state index in [1.165, 1.54) is 11.3 Å². The Bertz CT molecular complexity index is 1450. The summed E-state index contributed by atoms with van der Waals surface area (Å²) in [7, 11) is 2.14. The topological polar surface area (TPSA) is 142 Å². The largest absolute Gasteiger partial charge is 0.459 e. The van der Waals surface area contributed by atoms with Crippen molar-refractivity contribution in [2.45, 2.75) is 82.9 Å². The number of likely N-dealkylation sites (N-methyl/N-ethyl adjacent to an activating group) is 1. The Balaban J connectivity index is 1.38. The Labute approximate surface area is 245 Å². The third-order valence-corrected chi connectivity index (χ3v) is 10.1. The summed E-state index contributed by atoms with van der Waals surface area (Å²) in [6.07, 6.45) is 5.84. The Morgan fingerprint density at radius 2 is 2.12 bits per heavy atom. The second kappa shape index (κ2) is 11.2. The van der Waals surface area contributed by atoms with Gasteiger partial charge in [-0.25, -0.2) is 0 Å². The number of thiophene rings is 1. The number of anilines is 2. The van der Waals surface area contributed by atoms with Crippen LogP contribution in [0.4, 0.5) is 10.8 Å². The van der Waals surface area contributed by atoms with E-state index in [4.69, 9.17) is 29.9 Å². The van der Waals surface area contributed by atoms with Crippen LogP contribution < -0.4 is 20.7 Å². The molecule has 11 nitrogen and oxygen atoms in total. The lowest BCUT2D eigenvalue weighted by molar-refractivity contribution is 0.112. The van der Waals surface area contributed by atoms with Crippen molar-refractivity contribution in [3.8, 4) is 23.6 Å². The number of nitrogen functional groups attached to an aromatic ring is 1. The maximum absolute atomic E-state index is 9.89. The van der Waals surface area contributed by atoms with Gasteiger partial charge in [0, 0.05) is 41.7 Å². The average Bonchev–Trinajstić information content (AvgIpc) is 3.65. The van der Waals surface area contributed by atoms with Crippen LogP contribution in [0.1, 0.15) is 74.8 Å². The zero-order valence-electron chi connectivity index (χ0n) is 24.3. The van der Waals surface area contributed by atoms with Crippen LogP contribution in [0.2, 0.25) is 0 Å². The Hall–Kier alpha value is -3.27. The smallest absolute Gasteiger partial charge is 0.319 e. The third-order valence-electron chi connectivity index (χ3n) is 9.00. The molecule has 0 bridgehead atoms. The molecule has 0 spiro atoms. The standard InChI is InChI=1S/C29H39N9O2S/c1-17-16-32-11-7-13-38(17)23-14-20(33-28(34-23)39-18(2)21-8-6-12-37(21)4)26-35-27(40-36-26)29(3)10-5-9-22-24(29)19(15-30)25(31)41-22/h14,17-18,21,32H,5-13,16,31H2,1-4H3/t17-,18-,21-,29-/m0/s1. The van der Waals surface area contributed by atoms with E-state index in [0.717, 1.165) is 81.0 Å². The van der Waals surface area contributed by atoms with Gasteiger partial charge in [-0.2, -0.15) is 20.2 Å². The summed E-state index contributed by atoms with van der Waals surface area (Å²) >= 11 is 1.49. The number of nitriles is 1. The van der Waals surface area contributed by atoms with Gasteiger partial charge in [-0.05, 0) is 79.4 Å². The first-order chi connectivity index (χ1) is 19.8. The summed E-state index contributed by atoms with van der Waals surface area (Å²) in [6, 6.07) is 5.14. The quantitative estimate of drug-likeness (QED) is 0.442. The van der Waals surface area contributed by atoms with Gasteiger partial charge in [0.05, 0.1) is 11.0 Å². The van der Waals surface area contributed by atoms with Gasteiger partial charge in [0.1, 0.15) is 28.7 Å². The van der Waals surface area contributed by atoms with Gasteiger partial charge in [-0.15, -0.1) is 11.3 Å². The molecule has 218 valence electrons. The number of nitrogens with one attached hydrogen (secondary N) is 1. The predicted molar refractivity (Wildman–Crippen MR) is 158 cm³/mol. The SMILES string of the molecule is C[C@H](Oc1nc(-c2noc([C@@]3(C)CCCc4sc(N)c(C#N)c43)n2)cc(N2CCCNC[C@@H]2C)n1)[C@@H]1CCCN1C. The molecule has 2 saturated heterocycles. The molecular formula is C29H39N9O2S. The second-order valence-electron chi connectivity index (χ2n) is 11.9. The lowest BCUT2D eigenvalue weighted by Crippen LogP contribution is -2.39. The number of aromatic nitrogens is 4. The zero-order valence-corrected chi connectivity index (χ0v) is 25.1. The molecule has 3 aromatic heterocycles. The number of hydrogen-bond donors (Lipinski definition) is 2. The van der Waals surface area contributed by atoms with Crippen LogP contribution in [0.5, 0.6) is 6.01 Å². The van der Waals surface area contributed by atoms with Crippen molar-refractivity contribution >= 4 is 22.2 Å². The fourth-order valence-electron chi connectivity index (χ4n) is 6.72. The number of fused-ring (bicyclic) bond motifs is 1. The molecule has 0 saturated carbocycles. The van der Waals surface area contributed by atoms with Crippen molar-refractivity contribution in [1.29, 1.82) is 5.26 Å². The lowest BCUT2D eigenvalue weighted by Gasteiger charge is -2.30. The first kappa shape index (κ1) is 27.9. The molecule has 1 aliphatic carbocycles. The van der Waals surface area contributed by atoms with E-state index in [1.54, 1.807) is 0 Å². The van der Waals surface area contributed by atoms with Crippen molar-refractivity contribution in [1.82, 2.24) is 30.3 Å². The summed E-state index contributed by atoms with van der Waals surface area (Å²) in [6.45, 7) is 10.1. The summed E-state index contributed by atoms with van der Waals surface area (Å²) in [4.78, 5) is 20.3. The van der Waals surface area contributed by atoms with Crippen molar-refractivity contribution in [3.63, 3.8) is 0 Å². The van der Waals surface area contributed by atoms with Crippen LogP contribution in [0.25, 0.3) is 11.5 Å². The Morgan fingerprint density at radius 1 is 1.27 bits per heavy atom. The highest BCUT2D eigenvalue weighted by Crippen LogP contribution is 2.48. The Kier molecular flexibility index (Phi) is 7.61. The van der Waals surface area contributed by atoms with Gasteiger partial charge in [-0.1, -0.05) is 5.16 Å². The highest BCUT2D eigenvalue weighted by molar-refractivity contribution is 7.16. The molecule has 4 atom stereocenters. The maximum Gasteiger partial charge on any atom is 0.319 e. The van der Waals surface area contributed by atoms with Crippen molar-refractivity contribution in [3.05, 3.63) is 28.0 Å². The molecule has 5 heterocycles. The minimum atomic E-state index is -0.597. The van der Waals surface area contributed by atoms with Crippen LogP contribution in [0.3, 0.4) is 0 Å². The van der Waals surface area contributed by atoms with Gasteiger partial charge >= 0.3 is 6.01 Å². The molecule has 12 heteroatoms. The highest BCUT2D eigenvalue weighted by atomic mass is 32.1. The molecule has 2 aliphatic heterocycles. The van der Waals surface area contributed by atoms with Crippen LogP contribution in [-0.4, -0.2) is 76.4 Å². The van der Waals surface area contributed by atoms with E-state index < -0.39 is 5.41 Å². The molecule has 41 heavy (non-hydrogen) atoms. The number of likely N-dealkylation sites (tertiary alicyclic amines) is 1. The summed E-state index contributed by atoms with van der Waals surface area (Å²) in [5.74, 6) is 1.65. The van der Waals surface area contributed by atoms with Gasteiger partial charge in [0.2, 0.25) is 11.7 Å². The number of hydrogen-bond acceptors (Lipinski definition) is 12. The molecule has 0 amide bonds. The van der Waals surface area contributed by atoms with Crippen molar-refractivity contribution < 1.29 is 9.26 Å². The van der Waals surface area contributed by atoms with Crippen LogP contribution in [-0.2, 0) is 11.8 Å². The van der Waals surface area contributed by atoms with Crippen LogP contribution >= 0.6 is 11.3 Å². The number of ether oxygens (including phenoxy) is 1. The van der Waals surface area contributed by atoms with E-state index in [-0.39, 0.29) is 12.1 Å². The molecule has 6 rings (SSSR count). The monoisotopic (exact) mass is 577 g/mol. The average molecular weight is 578 g/mol. The van der Waals surface area contributed by atoms with Gasteiger partial charge in [-0.3, -0.25) is 4.90 Å². The number of rotatable bonds is 6. The summed E-state index contributed by atoms with van der Waals surface area (Å²) < 4.78 is 12.3. The van der Waals surface area contributed by atoms with E-state index in [1.807, 2.05) is 6.07 Å².